The van der Waals surface area contributed by atoms with Crippen LogP contribution in [0.2, 0.25) is 0 Å². The Morgan fingerprint density at radius 3 is 2.55 bits per heavy atom. The zero-order valence-electron chi connectivity index (χ0n) is 18.0. The molecule has 0 bridgehead atoms. The van der Waals surface area contributed by atoms with Crippen molar-refractivity contribution < 1.29 is 13.9 Å². The van der Waals surface area contributed by atoms with E-state index in [-0.39, 0.29) is 11.4 Å². The van der Waals surface area contributed by atoms with Crippen molar-refractivity contribution in [3.63, 3.8) is 0 Å². The smallest absolute Gasteiger partial charge is 0.139 e. The topological polar surface area (TPSA) is 30.5 Å². The van der Waals surface area contributed by atoms with E-state index in [1.807, 2.05) is 24.3 Å². The Hall–Kier alpha value is -3.53. The molecule has 3 nitrogen and oxygen atoms in total. The number of halogens is 1. The first kappa shape index (κ1) is 19.4. The van der Waals surface area contributed by atoms with Gasteiger partial charge in [-0.1, -0.05) is 36.4 Å². The maximum absolute atomic E-state index is 14.5. The van der Waals surface area contributed by atoms with Crippen molar-refractivity contribution in [1.29, 1.82) is 0 Å². The Balaban J connectivity index is 1.84. The largest absolute Gasteiger partial charge is 0.496 e. The summed E-state index contributed by atoms with van der Waals surface area (Å²) in [6.45, 7) is 6.40. The van der Waals surface area contributed by atoms with Gasteiger partial charge in [-0.25, -0.2) is 4.39 Å². The molecular weight excluding hydrogens is 389 g/mol. The number of hydrogen-bond acceptors (Lipinski definition) is 3. The van der Waals surface area contributed by atoms with Crippen LogP contribution in [0.25, 0.3) is 28.5 Å². The Morgan fingerprint density at radius 1 is 0.968 bits per heavy atom. The number of benzene rings is 3. The maximum atomic E-state index is 14.5. The normalized spacial score (nSPS) is 16.9. The highest BCUT2D eigenvalue weighted by Gasteiger charge is 2.32. The molecule has 0 aromatic heterocycles. The summed E-state index contributed by atoms with van der Waals surface area (Å²) in [6.07, 6.45) is 4.00. The van der Waals surface area contributed by atoms with Gasteiger partial charge in [0.1, 0.15) is 23.1 Å². The van der Waals surface area contributed by atoms with Crippen molar-refractivity contribution in [2.75, 3.05) is 12.4 Å². The van der Waals surface area contributed by atoms with Crippen LogP contribution in [0.5, 0.6) is 11.5 Å². The van der Waals surface area contributed by atoms with E-state index in [0.717, 1.165) is 39.3 Å². The summed E-state index contributed by atoms with van der Waals surface area (Å²) >= 11 is 0. The van der Waals surface area contributed by atoms with E-state index in [1.54, 1.807) is 25.3 Å². The average molecular weight is 413 g/mol. The molecule has 0 aliphatic carbocycles. The van der Waals surface area contributed by atoms with E-state index in [4.69, 9.17) is 9.47 Å². The minimum atomic E-state index is -0.284. The first-order chi connectivity index (χ1) is 14.9. The molecule has 0 atom stereocenters. The summed E-state index contributed by atoms with van der Waals surface area (Å²) in [4.78, 5) is 0. The van der Waals surface area contributed by atoms with E-state index >= 15 is 0 Å². The lowest BCUT2D eigenvalue weighted by Gasteiger charge is -2.35. The van der Waals surface area contributed by atoms with Crippen molar-refractivity contribution in [2.24, 2.45) is 0 Å². The SMILES string of the molecule is COc1cccc2c1-c1ccc3c(c1C(=Cc1ccccc1F)O2)C(C)=CC(C)(C)N3. The predicted octanol–water partition coefficient (Wildman–Crippen LogP) is 7.00. The summed E-state index contributed by atoms with van der Waals surface area (Å²) in [5, 5.41) is 3.60. The van der Waals surface area contributed by atoms with Crippen molar-refractivity contribution in [3.8, 4) is 22.6 Å². The monoisotopic (exact) mass is 413 g/mol. The van der Waals surface area contributed by atoms with Crippen LogP contribution in [-0.2, 0) is 0 Å². The van der Waals surface area contributed by atoms with Gasteiger partial charge < -0.3 is 14.8 Å². The first-order valence-electron chi connectivity index (χ1n) is 10.3. The molecule has 0 fully saturated rings. The lowest BCUT2D eigenvalue weighted by atomic mass is 9.83. The second-order valence-corrected chi connectivity index (χ2v) is 8.55. The molecule has 1 N–H and O–H groups in total. The zero-order chi connectivity index (χ0) is 21.8. The third kappa shape index (κ3) is 3.19. The first-order valence-corrected chi connectivity index (χ1v) is 10.3. The summed E-state index contributed by atoms with van der Waals surface area (Å²) in [7, 11) is 1.66. The molecule has 0 saturated heterocycles. The van der Waals surface area contributed by atoms with Crippen LogP contribution in [0.15, 0.2) is 60.7 Å². The fraction of sp³-hybridized carbons (Fsp3) is 0.185. The van der Waals surface area contributed by atoms with Gasteiger partial charge in [0.2, 0.25) is 0 Å². The molecule has 5 rings (SSSR count). The maximum Gasteiger partial charge on any atom is 0.139 e. The Kier molecular flexibility index (Phi) is 4.40. The quantitative estimate of drug-likeness (QED) is 0.491. The van der Waals surface area contributed by atoms with Gasteiger partial charge in [-0.05, 0) is 56.7 Å². The number of rotatable bonds is 2. The van der Waals surface area contributed by atoms with Crippen molar-refractivity contribution in [1.82, 2.24) is 0 Å². The van der Waals surface area contributed by atoms with E-state index in [1.165, 1.54) is 6.07 Å². The zero-order valence-corrected chi connectivity index (χ0v) is 18.0. The molecule has 0 amide bonds. The predicted molar refractivity (Wildman–Crippen MR) is 125 cm³/mol. The summed E-state index contributed by atoms with van der Waals surface area (Å²) in [5.74, 6) is 1.77. The van der Waals surface area contributed by atoms with Crippen LogP contribution in [0.4, 0.5) is 10.1 Å². The lowest BCUT2D eigenvalue weighted by Crippen LogP contribution is -2.32. The lowest BCUT2D eigenvalue weighted by molar-refractivity contribution is 0.412. The minimum Gasteiger partial charge on any atom is -0.496 e. The van der Waals surface area contributed by atoms with Crippen LogP contribution < -0.4 is 14.8 Å². The fourth-order valence-electron chi connectivity index (χ4n) is 4.61. The van der Waals surface area contributed by atoms with Gasteiger partial charge in [-0.15, -0.1) is 0 Å². The molecule has 3 aromatic rings. The number of allylic oxidation sites excluding steroid dienone is 1. The Bertz CT molecular complexity index is 1270. The van der Waals surface area contributed by atoms with Gasteiger partial charge in [-0.2, -0.15) is 0 Å². The highest BCUT2D eigenvalue weighted by molar-refractivity contribution is 6.01. The van der Waals surface area contributed by atoms with Crippen molar-refractivity contribution >= 4 is 23.1 Å². The molecule has 0 saturated carbocycles. The van der Waals surface area contributed by atoms with Crippen LogP contribution in [-0.4, -0.2) is 12.6 Å². The molecule has 31 heavy (non-hydrogen) atoms. The van der Waals surface area contributed by atoms with Gasteiger partial charge in [0.15, 0.2) is 0 Å². The van der Waals surface area contributed by atoms with Crippen LogP contribution in [0.3, 0.4) is 0 Å². The van der Waals surface area contributed by atoms with E-state index < -0.39 is 0 Å². The third-order valence-electron chi connectivity index (χ3n) is 5.77. The molecule has 3 aromatic carbocycles. The van der Waals surface area contributed by atoms with E-state index in [0.29, 0.717) is 17.1 Å². The summed E-state index contributed by atoms with van der Waals surface area (Å²) in [5.41, 5.74) is 6.43. The second-order valence-electron chi connectivity index (χ2n) is 8.55. The number of ether oxygens (including phenoxy) is 2. The average Bonchev–Trinajstić information content (AvgIpc) is 2.73. The Morgan fingerprint density at radius 2 is 1.77 bits per heavy atom. The Labute approximate surface area is 181 Å². The molecule has 2 heterocycles. The highest BCUT2D eigenvalue weighted by Crippen LogP contribution is 2.51. The van der Waals surface area contributed by atoms with Crippen LogP contribution >= 0.6 is 0 Å². The molecule has 2 aliphatic rings. The number of methoxy groups -OCH3 is 1. The van der Waals surface area contributed by atoms with E-state index in [9.17, 15) is 4.39 Å². The van der Waals surface area contributed by atoms with Gasteiger partial charge in [0, 0.05) is 27.9 Å². The number of nitrogens with one attached hydrogen (secondary N) is 1. The van der Waals surface area contributed by atoms with Gasteiger partial charge in [-0.3, -0.25) is 0 Å². The molecule has 2 aliphatic heterocycles. The second kappa shape index (κ2) is 7.02. The molecule has 0 unspecified atom stereocenters. The number of anilines is 1. The van der Waals surface area contributed by atoms with Gasteiger partial charge in [0.25, 0.3) is 0 Å². The molecular formula is C27H24FNO2. The fourth-order valence-corrected chi connectivity index (χ4v) is 4.61. The van der Waals surface area contributed by atoms with E-state index in [2.05, 4.69) is 44.3 Å². The third-order valence-corrected chi connectivity index (χ3v) is 5.77. The number of fused-ring (bicyclic) bond motifs is 5. The minimum absolute atomic E-state index is 0.161. The number of hydrogen-bond donors (Lipinski definition) is 1. The molecule has 0 radical (unpaired) electrons. The van der Waals surface area contributed by atoms with Crippen LogP contribution in [0, 0.1) is 5.82 Å². The standard InChI is InChI=1S/C27H24FNO2/c1-16-15-27(2,3)29-20-13-12-18-25-21(30-4)10-7-11-22(25)31-23(26(18)24(16)20)14-17-8-5-6-9-19(17)28/h5-15,29H,1-4H3. The molecule has 4 heteroatoms. The van der Waals surface area contributed by atoms with Gasteiger partial charge in [0.05, 0.1) is 18.2 Å². The summed E-state index contributed by atoms with van der Waals surface area (Å²) < 4.78 is 26.6. The van der Waals surface area contributed by atoms with Crippen molar-refractivity contribution in [3.05, 3.63) is 83.2 Å². The van der Waals surface area contributed by atoms with Gasteiger partial charge >= 0.3 is 0 Å². The highest BCUT2D eigenvalue weighted by atomic mass is 19.1. The van der Waals surface area contributed by atoms with Crippen molar-refractivity contribution in [2.45, 2.75) is 26.3 Å². The molecule has 0 spiro atoms. The summed E-state index contributed by atoms with van der Waals surface area (Å²) in [6, 6.07) is 16.7. The molecule has 156 valence electrons. The van der Waals surface area contributed by atoms with Crippen LogP contribution in [0.1, 0.15) is 37.5 Å².